The van der Waals surface area contributed by atoms with E-state index in [2.05, 4.69) is 31.1 Å². The second kappa shape index (κ2) is 8.95. The molecule has 8 nitrogen and oxygen atoms in total. The van der Waals surface area contributed by atoms with Crippen LogP contribution in [0, 0.1) is 0 Å². The van der Waals surface area contributed by atoms with Gasteiger partial charge in [0.05, 0.1) is 5.52 Å². The molecule has 0 saturated heterocycles. The fraction of sp³-hybridized carbons (Fsp3) is 0.0400. The average Bonchev–Trinajstić information content (AvgIpc) is 3.15. The number of hydrogen-bond donors (Lipinski definition) is 2. The highest BCUT2D eigenvalue weighted by Crippen LogP contribution is 2.37. The summed E-state index contributed by atoms with van der Waals surface area (Å²) in [5.41, 5.74) is 2.30. The fourth-order valence-electron chi connectivity index (χ4n) is 3.61. The first-order valence-electron chi connectivity index (χ1n) is 10.2. The summed E-state index contributed by atoms with van der Waals surface area (Å²) in [6.07, 6.45) is 0. The van der Waals surface area contributed by atoms with E-state index < -0.39 is 11.5 Å². The first kappa shape index (κ1) is 21.6. The van der Waals surface area contributed by atoms with Crippen molar-refractivity contribution < 1.29 is 19.1 Å². The maximum Gasteiger partial charge on any atom is 0.336 e. The molecule has 0 bridgehead atoms. The molecule has 0 radical (unpaired) electrons. The molecule has 9 heteroatoms. The molecule has 5 rings (SSSR count). The quantitative estimate of drug-likeness (QED) is 0.215. The number of fused-ring (bicyclic) bond motifs is 2. The standard InChI is InChI=1S/C25H16BrN3O5/c26-15-6-9-20-19(10-15)24(25(32)27-20)29-28-22(30)13-33-16-7-8-17-18(14-4-2-1-3-5-14)12-23(31)34-21(17)11-16/h1-12,27,32H,13H2. The first-order chi connectivity index (χ1) is 16.5. The van der Waals surface area contributed by atoms with Crippen LogP contribution in [-0.4, -0.2) is 22.6 Å². The van der Waals surface area contributed by atoms with E-state index in [0.717, 1.165) is 21.0 Å². The number of H-pyrrole nitrogens is 1. The molecule has 2 heterocycles. The van der Waals surface area contributed by atoms with E-state index in [9.17, 15) is 14.7 Å². The minimum absolute atomic E-state index is 0.158. The molecule has 0 unspecified atom stereocenters. The largest absolute Gasteiger partial charge is 0.493 e. The van der Waals surface area contributed by atoms with Crippen molar-refractivity contribution in [3.05, 3.63) is 87.7 Å². The molecule has 0 atom stereocenters. The van der Waals surface area contributed by atoms with Gasteiger partial charge >= 0.3 is 11.5 Å². The van der Waals surface area contributed by atoms with Gasteiger partial charge in [-0.25, -0.2) is 4.79 Å². The number of carbonyl (C=O) groups is 1. The third-order valence-corrected chi connectivity index (χ3v) is 5.63. The second-order valence-electron chi connectivity index (χ2n) is 7.40. The maximum absolute atomic E-state index is 12.2. The summed E-state index contributed by atoms with van der Waals surface area (Å²) >= 11 is 3.36. The van der Waals surface area contributed by atoms with Crippen molar-refractivity contribution in [1.29, 1.82) is 0 Å². The lowest BCUT2D eigenvalue weighted by Crippen LogP contribution is -2.08. The molecule has 1 amide bonds. The van der Waals surface area contributed by atoms with Crippen LogP contribution in [0.5, 0.6) is 11.6 Å². The van der Waals surface area contributed by atoms with Gasteiger partial charge in [-0.1, -0.05) is 46.3 Å². The molecule has 0 aliphatic carbocycles. The van der Waals surface area contributed by atoms with Gasteiger partial charge in [-0.3, -0.25) is 4.79 Å². The lowest BCUT2D eigenvalue weighted by Gasteiger charge is -2.08. The second-order valence-corrected chi connectivity index (χ2v) is 8.31. The van der Waals surface area contributed by atoms with Crippen molar-refractivity contribution in [3.63, 3.8) is 0 Å². The van der Waals surface area contributed by atoms with Gasteiger partial charge in [-0.2, -0.15) is 0 Å². The number of amides is 1. The molecule has 0 spiro atoms. The third kappa shape index (κ3) is 4.33. The molecule has 2 N–H and O–H groups in total. The highest BCUT2D eigenvalue weighted by Gasteiger charge is 2.13. The fourth-order valence-corrected chi connectivity index (χ4v) is 3.97. The number of aromatic amines is 1. The van der Waals surface area contributed by atoms with Gasteiger partial charge in [-0.15, -0.1) is 10.2 Å². The third-order valence-electron chi connectivity index (χ3n) is 5.14. The number of nitrogens with one attached hydrogen (secondary N) is 1. The first-order valence-corrected chi connectivity index (χ1v) is 11.0. The zero-order valence-corrected chi connectivity index (χ0v) is 19.1. The van der Waals surface area contributed by atoms with Crippen molar-refractivity contribution in [2.45, 2.75) is 0 Å². The summed E-state index contributed by atoms with van der Waals surface area (Å²) in [7, 11) is 0. The van der Waals surface area contributed by atoms with Crippen molar-refractivity contribution in [2.75, 3.05) is 6.61 Å². The maximum atomic E-state index is 12.2. The van der Waals surface area contributed by atoms with Crippen LogP contribution in [0.3, 0.4) is 0 Å². The summed E-state index contributed by atoms with van der Waals surface area (Å²) in [6.45, 7) is -0.384. The summed E-state index contributed by atoms with van der Waals surface area (Å²) in [6, 6.07) is 21.3. The Morgan fingerprint density at radius 2 is 1.85 bits per heavy atom. The molecular weight excluding hydrogens is 502 g/mol. The number of halogens is 1. The van der Waals surface area contributed by atoms with Crippen LogP contribution in [0.2, 0.25) is 0 Å². The summed E-state index contributed by atoms with van der Waals surface area (Å²) in [4.78, 5) is 27.1. The number of aromatic hydroxyl groups is 1. The van der Waals surface area contributed by atoms with E-state index in [1.807, 2.05) is 36.4 Å². The number of azo groups is 1. The zero-order valence-electron chi connectivity index (χ0n) is 17.5. The van der Waals surface area contributed by atoms with E-state index >= 15 is 0 Å². The lowest BCUT2D eigenvalue weighted by atomic mass is 10.0. The monoisotopic (exact) mass is 517 g/mol. The number of rotatable bonds is 5. The van der Waals surface area contributed by atoms with Crippen LogP contribution >= 0.6 is 15.9 Å². The molecule has 2 aromatic heterocycles. The van der Waals surface area contributed by atoms with Crippen molar-refractivity contribution in [1.82, 2.24) is 4.98 Å². The van der Waals surface area contributed by atoms with Crippen LogP contribution in [0.15, 0.2) is 96.7 Å². The Bertz CT molecular complexity index is 1620. The number of benzene rings is 3. The van der Waals surface area contributed by atoms with Gasteiger partial charge in [0.1, 0.15) is 11.3 Å². The smallest absolute Gasteiger partial charge is 0.336 e. The number of aromatic nitrogens is 1. The molecule has 3 aromatic carbocycles. The van der Waals surface area contributed by atoms with Gasteiger partial charge in [0.15, 0.2) is 12.3 Å². The Labute approximate surface area is 200 Å². The van der Waals surface area contributed by atoms with E-state index in [1.165, 1.54) is 6.07 Å². The van der Waals surface area contributed by atoms with Crippen LogP contribution in [-0.2, 0) is 4.79 Å². The zero-order chi connectivity index (χ0) is 23.7. The Kier molecular flexibility index (Phi) is 5.69. The Balaban J connectivity index is 1.34. The highest BCUT2D eigenvalue weighted by molar-refractivity contribution is 9.10. The SMILES string of the molecule is O=C(COc1ccc2c(-c3ccccc3)cc(=O)oc2c1)N=Nc1c(O)[nH]c2ccc(Br)cc12. The van der Waals surface area contributed by atoms with Gasteiger partial charge in [0, 0.05) is 27.4 Å². The molecule has 0 aliphatic heterocycles. The topological polar surface area (TPSA) is 117 Å². The Morgan fingerprint density at radius 3 is 2.68 bits per heavy atom. The van der Waals surface area contributed by atoms with Crippen molar-refractivity contribution in [2.24, 2.45) is 10.2 Å². The lowest BCUT2D eigenvalue weighted by molar-refractivity contribution is -0.120. The summed E-state index contributed by atoms with van der Waals surface area (Å²) in [5.74, 6) is -0.504. The Hall–Kier alpha value is -4.24. The predicted octanol–water partition coefficient (Wildman–Crippen LogP) is 6.10. The van der Waals surface area contributed by atoms with E-state index in [4.69, 9.17) is 9.15 Å². The molecule has 0 fully saturated rings. The minimum Gasteiger partial charge on any atom is -0.493 e. The molecule has 168 valence electrons. The van der Waals surface area contributed by atoms with E-state index in [0.29, 0.717) is 22.2 Å². The molecule has 0 saturated carbocycles. The minimum atomic E-state index is -0.650. The molecular formula is C25H16BrN3O5. The predicted molar refractivity (Wildman–Crippen MR) is 131 cm³/mol. The van der Waals surface area contributed by atoms with E-state index in [1.54, 1.807) is 30.3 Å². The van der Waals surface area contributed by atoms with Gasteiger partial charge in [-0.05, 0) is 41.5 Å². The highest BCUT2D eigenvalue weighted by atomic mass is 79.9. The molecule has 34 heavy (non-hydrogen) atoms. The number of carbonyl (C=O) groups excluding carboxylic acids is 1. The Morgan fingerprint density at radius 1 is 1.03 bits per heavy atom. The van der Waals surface area contributed by atoms with Crippen LogP contribution in [0.1, 0.15) is 0 Å². The van der Waals surface area contributed by atoms with Crippen molar-refractivity contribution >= 4 is 49.4 Å². The molecule has 5 aromatic rings. The summed E-state index contributed by atoms with van der Waals surface area (Å²) in [5, 5.41) is 19.0. The van der Waals surface area contributed by atoms with Gasteiger partial charge in [0.25, 0.3) is 0 Å². The van der Waals surface area contributed by atoms with Crippen LogP contribution in [0.4, 0.5) is 5.69 Å². The average molecular weight is 518 g/mol. The summed E-state index contributed by atoms with van der Waals surface area (Å²) < 4.78 is 11.7. The molecule has 0 aliphatic rings. The number of nitrogens with zero attached hydrogens (tertiary/aromatic N) is 2. The van der Waals surface area contributed by atoms with Crippen molar-refractivity contribution in [3.8, 4) is 22.8 Å². The van der Waals surface area contributed by atoms with E-state index in [-0.39, 0.29) is 18.2 Å². The number of ether oxygens (including phenoxy) is 1. The van der Waals surface area contributed by atoms with Gasteiger partial charge in [0.2, 0.25) is 5.88 Å². The van der Waals surface area contributed by atoms with Crippen LogP contribution < -0.4 is 10.4 Å². The van der Waals surface area contributed by atoms with Crippen LogP contribution in [0.25, 0.3) is 33.0 Å². The normalized spacial score (nSPS) is 11.4. The van der Waals surface area contributed by atoms with Gasteiger partial charge < -0.3 is 19.2 Å². The number of hydrogen-bond acceptors (Lipinski definition) is 6.